The monoisotopic (exact) mass is 250 g/mol. The molecule has 1 aromatic carbocycles. The smallest absolute Gasteiger partial charge is 0.148 e. The largest absolute Gasteiger partial charge is 0.316 e. The lowest BCUT2D eigenvalue weighted by Gasteiger charge is -2.07. The van der Waals surface area contributed by atoms with E-state index in [0.29, 0.717) is 0 Å². The predicted octanol–water partition coefficient (Wildman–Crippen LogP) is 2.26. The third kappa shape index (κ3) is 2.48. The number of rotatable bonds is 3. The lowest BCUT2D eigenvalue weighted by Crippen LogP contribution is -2.06. The molecule has 0 saturated carbocycles. The SMILES string of the molecule is CNCc1ccc(-n2nc(C)nc2C)cc1Cl. The molecular formula is C12H15ClN4. The summed E-state index contributed by atoms with van der Waals surface area (Å²) in [7, 11) is 1.90. The number of nitrogens with one attached hydrogen (secondary N) is 1. The molecule has 0 radical (unpaired) electrons. The Balaban J connectivity index is 2.41. The molecule has 4 nitrogen and oxygen atoms in total. The van der Waals surface area contributed by atoms with Gasteiger partial charge in [0.05, 0.1) is 5.69 Å². The molecule has 0 atom stereocenters. The number of benzene rings is 1. The summed E-state index contributed by atoms with van der Waals surface area (Å²) in [5.74, 6) is 1.62. The zero-order valence-corrected chi connectivity index (χ0v) is 10.9. The first-order chi connectivity index (χ1) is 8.11. The third-order valence-corrected chi connectivity index (χ3v) is 2.88. The predicted molar refractivity (Wildman–Crippen MR) is 68.6 cm³/mol. The van der Waals surface area contributed by atoms with Crippen molar-refractivity contribution in [1.29, 1.82) is 0 Å². The summed E-state index contributed by atoms with van der Waals surface area (Å²) in [6.07, 6.45) is 0. The van der Waals surface area contributed by atoms with Crippen LogP contribution in [0.2, 0.25) is 5.02 Å². The second-order valence-electron chi connectivity index (χ2n) is 3.92. The van der Waals surface area contributed by atoms with Crippen LogP contribution in [0.5, 0.6) is 0 Å². The van der Waals surface area contributed by atoms with E-state index in [9.17, 15) is 0 Å². The highest BCUT2D eigenvalue weighted by Gasteiger charge is 2.07. The fraction of sp³-hybridized carbons (Fsp3) is 0.333. The van der Waals surface area contributed by atoms with Crippen molar-refractivity contribution < 1.29 is 0 Å². The first-order valence-corrected chi connectivity index (χ1v) is 5.83. The Morgan fingerprint density at radius 1 is 1.35 bits per heavy atom. The van der Waals surface area contributed by atoms with Crippen molar-refractivity contribution in [3.8, 4) is 5.69 Å². The minimum absolute atomic E-state index is 0.740. The Bertz CT molecular complexity index is 533. The van der Waals surface area contributed by atoms with E-state index < -0.39 is 0 Å². The molecule has 0 aliphatic rings. The van der Waals surface area contributed by atoms with E-state index in [0.717, 1.165) is 34.5 Å². The van der Waals surface area contributed by atoms with Crippen molar-refractivity contribution in [1.82, 2.24) is 20.1 Å². The van der Waals surface area contributed by atoms with Gasteiger partial charge in [0.1, 0.15) is 11.6 Å². The van der Waals surface area contributed by atoms with E-state index in [-0.39, 0.29) is 0 Å². The highest BCUT2D eigenvalue weighted by Crippen LogP contribution is 2.20. The quantitative estimate of drug-likeness (QED) is 0.909. The first-order valence-electron chi connectivity index (χ1n) is 5.45. The van der Waals surface area contributed by atoms with E-state index in [4.69, 9.17) is 11.6 Å². The van der Waals surface area contributed by atoms with E-state index in [1.807, 2.05) is 39.1 Å². The zero-order valence-electron chi connectivity index (χ0n) is 10.2. The normalized spacial score (nSPS) is 10.8. The van der Waals surface area contributed by atoms with Gasteiger partial charge in [-0.05, 0) is 38.6 Å². The van der Waals surface area contributed by atoms with Crippen LogP contribution in [0.4, 0.5) is 0 Å². The van der Waals surface area contributed by atoms with E-state index in [1.54, 1.807) is 4.68 Å². The van der Waals surface area contributed by atoms with Gasteiger partial charge in [-0.25, -0.2) is 9.67 Å². The van der Waals surface area contributed by atoms with Crippen LogP contribution in [0, 0.1) is 13.8 Å². The summed E-state index contributed by atoms with van der Waals surface area (Å²) in [5, 5.41) is 8.15. The van der Waals surface area contributed by atoms with Gasteiger partial charge in [0, 0.05) is 11.6 Å². The molecular weight excluding hydrogens is 236 g/mol. The summed E-state index contributed by atoms with van der Waals surface area (Å²) in [4.78, 5) is 4.27. The van der Waals surface area contributed by atoms with Crippen molar-refractivity contribution >= 4 is 11.6 Å². The van der Waals surface area contributed by atoms with Gasteiger partial charge in [-0.3, -0.25) is 0 Å². The van der Waals surface area contributed by atoms with Crippen LogP contribution in [-0.4, -0.2) is 21.8 Å². The van der Waals surface area contributed by atoms with Crippen molar-refractivity contribution in [3.63, 3.8) is 0 Å². The van der Waals surface area contributed by atoms with E-state index >= 15 is 0 Å². The van der Waals surface area contributed by atoms with Crippen molar-refractivity contribution in [2.45, 2.75) is 20.4 Å². The average molecular weight is 251 g/mol. The second kappa shape index (κ2) is 4.85. The highest BCUT2D eigenvalue weighted by atomic mass is 35.5. The average Bonchev–Trinajstić information content (AvgIpc) is 2.61. The van der Waals surface area contributed by atoms with Gasteiger partial charge in [0.15, 0.2) is 0 Å². The Hall–Kier alpha value is -1.39. The molecule has 90 valence electrons. The van der Waals surface area contributed by atoms with Crippen LogP contribution in [-0.2, 0) is 6.54 Å². The van der Waals surface area contributed by atoms with Gasteiger partial charge >= 0.3 is 0 Å². The number of aryl methyl sites for hydroxylation is 2. The maximum atomic E-state index is 6.22. The fourth-order valence-corrected chi connectivity index (χ4v) is 2.01. The molecule has 17 heavy (non-hydrogen) atoms. The minimum atomic E-state index is 0.740. The van der Waals surface area contributed by atoms with E-state index in [1.165, 1.54) is 0 Å². The maximum absolute atomic E-state index is 6.22. The number of hydrogen-bond acceptors (Lipinski definition) is 3. The molecule has 5 heteroatoms. The fourth-order valence-electron chi connectivity index (χ4n) is 1.77. The third-order valence-electron chi connectivity index (χ3n) is 2.52. The Kier molecular flexibility index (Phi) is 3.45. The Labute approximate surface area is 106 Å². The standard InChI is InChI=1S/C12H15ClN4/c1-8-15-9(2)17(16-8)11-5-4-10(7-14-3)12(13)6-11/h4-6,14H,7H2,1-3H3. The number of halogens is 1. The van der Waals surface area contributed by atoms with Crippen LogP contribution >= 0.6 is 11.6 Å². The number of nitrogens with zero attached hydrogens (tertiary/aromatic N) is 3. The van der Waals surface area contributed by atoms with Crippen molar-refractivity contribution in [3.05, 3.63) is 40.4 Å². The summed E-state index contributed by atoms with van der Waals surface area (Å²) in [6, 6.07) is 5.92. The molecule has 2 rings (SSSR count). The molecule has 0 amide bonds. The zero-order chi connectivity index (χ0) is 12.4. The lowest BCUT2D eigenvalue weighted by molar-refractivity contribution is 0.809. The summed E-state index contributed by atoms with van der Waals surface area (Å²) in [6.45, 7) is 4.56. The number of aromatic nitrogens is 3. The molecule has 0 aliphatic carbocycles. The molecule has 1 N–H and O–H groups in total. The van der Waals surface area contributed by atoms with Gasteiger partial charge in [0.25, 0.3) is 0 Å². The summed E-state index contributed by atoms with van der Waals surface area (Å²) >= 11 is 6.22. The molecule has 0 fully saturated rings. The second-order valence-corrected chi connectivity index (χ2v) is 4.33. The molecule has 1 aromatic heterocycles. The Morgan fingerprint density at radius 2 is 2.12 bits per heavy atom. The summed E-state index contributed by atoms with van der Waals surface area (Å²) in [5.41, 5.74) is 2.01. The molecule has 2 aromatic rings. The number of hydrogen-bond donors (Lipinski definition) is 1. The summed E-state index contributed by atoms with van der Waals surface area (Å²) < 4.78 is 1.80. The van der Waals surface area contributed by atoms with Crippen LogP contribution < -0.4 is 5.32 Å². The van der Waals surface area contributed by atoms with Gasteiger partial charge < -0.3 is 5.32 Å². The van der Waals surface area contributed by atoms with Crippen LogP contribution in [0.25, 0.3) is 5.69 Å². The Morgan fingerprint density at radius 3 is 2.65 bits per heavy atom. The van der Waals surface area contributed by atoms with Crippen LogP contribution in [0.15, 0.2) is 18.2 Å². The van der Waals surface area contributed by atoms with Crippen LogP contribution in [0.1, 0.15) is 17.2 Å². The van der Waals surface area contributed by atoms with Crippen molar-refractivity contribution in [2.75, 3.05) is 7.05 Å². The molecule has 0 saturated heterocycles. The molecule has 0 spiro atoms. The molecule has 1 heterocycles. The lowest BCUT2D eigenvalue weighted by atomic mass is 10.2. The van der Waals surface area contributed by atoms with Gasteiger partial charge in [-0.2, -0.15) is 5.10 Å². The van der Waals surface area contributed by atoms with E-state index in [2.05, 4.69) is 15.4 Å². The molecule has 0 unspecified atom stereocenters. The van der Waals surface area contributed by atoms with Crippen molar-refractivity contribution in [2.24, 2.45) is 0 Å². The molecule has 0 bridgehead atoms. The topological polar surface area (TPSA) is 42.7 Å². The van der Waals surface area contributed by atoms with Crippen LogP contribution in [0.3, 0.4) is 0 Å². The highest BCUT2D eigenvalue weighted by molar-refractivity contribution is 6.31. The maximum Gasteiger partial charge on any atom is 0.148 e. The molecule has 0 aliphatic heterocycles. The minimum Gasteiger partial charge on any atom is -0.316 e. The van der Waals surface area contributed by atoms with Gasteiger partial charge in [-0.1, -0.05) is 17.7 Å². The van der Waals surface area contributed by atoms with Gasteiger partial charge in [0.2, 0.25) is 0 Å². The van der Waals surface area contributed by atoms with Gasteiger partial charge in [-0.15, -0.1) is 0 Å². The first kappa shape index (κ1) is 12.1.